The molecule has 0 spiro atoms. The second-order valence-corrected chi connectivity index (χ2v) is 13.0. The van der Waals surface area contributed by atoms with Crippen molar-refractivity contribution in [3.63, 3.8) is 0 Å². The highest BCUT2D eigenvalue weighted by atomic mass is 79.9. The Bertz CT molecular complexity index is 2050. The van der Waals surface area contributed by atoms with Gasteiger partial charge in [0.2, 0.25) is 0 Å². The zero-order chi connectivity index (χ0) is 34.4. The first-order valence-corrected chi connectivity index (χ1v) is 17.5. The maximum atomic E-state index is 14.2. The first-order chi connectivity index (χ1) is 23.2. The number of nitrogens with zero attached hydrogens (tertiary/aromatic N) is 2. The Morgan fingerprint density at radius 3 is 2.33 bits per heavy atom. The van der Waals surface area contributed by atoms with Crippen LogP contribution in [0.3, 0.4) is 0 Å². The Labute approximate surface area is 297 Å². The van der Waals surface area contributed by atoms with Gasteiger partial charge in [-0.05, 0) is 90.3 Å². The molecule has 0 aliphatic carbocycles. The fraction of sp³-hybridized carbons (Fsp3) is 0.257. The van der Waals surface area contributed by atoms with Gasteiger partial charge in [-0.1, -0.05) is 45.5 Å². The van der Waals surface area contributed by atoms with E-state index in [1.54, 1.807) is 55.5 Å². The number of halogens is 2. The molecule has 0 saturated heterocycles. The average molecular weight is 801 g/mol. The molecular weight excluding hydrogens is 768 g/mol. The first kappa shape index (κ1) is 35.1. The van der Waals surface area contributed by atoms with Crippen molar-refractivity contribution in [1.82, 2.24) is 4.57 Å². The van der Waals surface area contributed by atoms with Gasteiger partial charge in [0.25, 0.3) is 5.56 Å². The van der Waals surface area contributed by atoms with E-state index >= 15 is 0 Å². The van der Waals surface area contributed by atoms with Gasteiger partial charge in [-0.2, -0.15) is 0 Å². The third-order valence-corrected chi connectivity index (χ3v) is 9.22. The molecule has 0 fully saturated rings. The number of carbonyl (C=O) groups is 2. The monoisotopic (exact) mass is 798 g/mol. The molecule has 1 aliphatic rings. The first-order valence-electron chi connectivity index (χ1n) is 15.1. The quantitative estimate of drug-likeness (QED) is 0.158. The molecule has 4 aromatic rings. The van der Waals surface area contributed by atoms with Crippen molar-refractivity contribution in [3.8, 4) is 17.2 Å². The Morgan fingerprint density at radius 1 is 0.917 bits per heavy atom. The van der Waals surface area contributed by atoms with Crippen LogP contribution in [0.5, 0.6) is 17.2 Å². The predicted octanol–water partition coefficient (Wildman–Crippen LogP) is 6.10. The molecule has 5 rings (SSSR count). The lowest BCUT2D eigenvalue weighted by molar-refractivity contribution is -0.136. The SMILES string of the molecule is CCOC(=O)c1ccc(COc2c(Br)cc(Br)cc2/C=c2/sc3n(c2=O)[C@H](c2ccc(OCC)c(OCC)c2)C(C(=O)OC)=CN=3)cc1. The van der Waals surface area contributed by atoms with Crippen molar-refractivity contribution < 1.29 is 33.3 Å². The van der Waals surface area contributed by atoms with Gasteiger partial charge >= 0.3 is 11.9 Å². The summed E-state index contributed by atoms with van der Waals surface area (Å²) in [6.45, 7) is 6.85. The van der Waals surface area contributed by atoms with Gasteiger partial charge in [0, 0.05) is 16.2 Å². The van der Waals surface area contributed by atoms with Crippen LogP contribution in [0.2, 0.25) is 0 Å². The minimum Gasteiger partial charge on any atom is -0.490 e. The number of ether oxygens (including phenoxy) is 5. The van der Waals surface area contributed by atoms with Crippen LogP contribution in [-0.2, 0) is 20.9 Å². The fourth-order valence-corrected chi connectivity index (χ4v) is 7.41. The topological polar surface area (TPSA) is 115 Å². The molecule has 0 N–H and O–H groups in total. The molecule has 250 valence electrons. The minimum absolute atomic E-state index is 0.200. The average Bonchev–Trinajstić information content (AvgIpc) is 3.39. The molecule has 2 heterocycles. The van der Waals surface area contributed by atoms with Crippen LogP contribution in [0.4, 0.5) is 0 Å². The fourth-order valence-electron chi connectivity index (χ4n) is 5.08. The summed E-state index contributed by atoms with van der Waals surface area (Å²) in [5.74, 6) is 0.575. The molecule has 0 bridgehead atoms. The van der Waals surface area contributed by atoms with E-state index < -0.39 is 12.0 Å². The van der Waals surface area contributed by atoms with Crippen LogP contribution < -0.4 is 29.1 Å². The third-order valence-electron chi connectivity index (χ3n) is 7.18. The summed E-state index contributed by atoms with van der Waals surface area (Å²) in [6.07, 6.45) is 3.18. The van der Waals surface area contributed by atoms with Crippen LogP contribution in [0.25, 0.3) is 6.08 Å². The molecule has 3 aromatic carbocycles. The van der Waals surface area contributed by atoms with Crippen LogP contribution in [0.1, 0.15) is 53.9 Å². The zero-order valence-electron chi connectivity index (χ0n) is 26.6. The second-order valence-electron chi connectivity index (χ2n) is 10.3. The second kappa shape index (κ2) is 15.8. The number of methoxy groups -OCH3 is 1. The smallest absolute Gasteiger partial charge is 0.338 e. The highest BCUT2D eigenvalue weighted by Gasteiger charge is 2.31. The van der Waals surface area contributed by atoms with E-state index in [1.807, 2.05) is 26.0 Å². The Kier molecular flexibility index (Phi) is 11.6. The van der Waals surface area contributed by atoms with Crippen molar-refractivity contribution in [2.75, 3.05) is 26.9 Å². The van der Waals surface area contributed by atoms with E-state index in [-0.39, 0.29) is 23.7 Å². The minimum atomic E-state index is -0.826. The summed E-state index contributed by atoms with van der Waals surface area (Å²) in [7, 11) is 1.29. The molecule has 10 nitrogen and oxygen atoms in total. The van der Waals surface area contributed by atoms with E-state index in [0.717, 1.165) is 10.0 Å². The summed E-state index contributed by atoms with van der Waals surface area (Å²) in [4.78, 5) is 44.1. The molecule has 0 unspecified atom stereocenters. The van der Waals surface area contributed by atoms with Gasteiger partial charge in [-0.3, -0.25) is 9.36 Å². The predicted molar refractivity (Wildman–Crippen MR) is 189 cm³/mol. The number of carbonyl (C=O) groups excluding carboxylic acids is 2. The van der Waals surface area contributed by atoms with Crippen molar-refractivity contribution in [2.24, 2.45) is 4.99 Å². The van der Waals surface area contributed by atoms with Gasteiger partial charge in [0.05, 0.1) is 53.1 Å². The number of aromatic nitrogens is 1. The summed E-state index contributed by atoms with van der Waals surface area (Å²) in [5.41, 5.74) is 2.40. The number of rotatable bonds is 12. The summed E-state index contributed by atoms with van der Waals surface area (Å²) >= 11 is 8.34. The van der Waals surface area contributed by atoms with Crippen LogP contribution >= 0.6 is 43.2 Å². The number of hydrogen-bond donors (Lipinski definition) is 0. The Hall–Kier alpha value is -4.20. The molecule has 48 heavy (non-hydrogen) atoms. The lowest BCUT2D eigenvalue weighted by atomic mass is 9.97. The molecular formula is C35H32Br2N2O8S. The van der Waals surface area contributed by atoms with E-state index in [0.29, 0.717) is 67.6 Å². The molecule has 0 amide bonds. The maximum Gasteiger partial charge on any atom is 0.338 e. The Balaban J connectivity index is 1.56. The maximum absolute atomic E-state index is 14.2. The van der Waals surface area contributed by atoms with Crippen molar-refractivity contribution in [3.05, 3.63) is 117 Å². The molecule has 1 aromatic heterocycles. The van der Waals surface area contributed by atoms with Crippen molar-refractivity contribution >= 4 is 61.2 Å². The van der Waals surface area contributed by atoms with Crippen LogP contribution in [-0.4, -0.2) is 43.4 Å². The lowest BCUT2D eigenvalue weighted by Crippen LogP contribution is -2.39. The summed E-state index contributed by atoms with van der Waals surface area (Å²) in [5, 5.41) is 0. The third kappa shape index (κ3) is 7.58. The molecule has 1 atom stereocenters. The number of fused-ring (bicyclic) bond motifs is 1. The van der Waals surface area contributed by atoms with Gasteiger partial charge in [0.15, 0.2) is 16.3 Å². The summed E-state index contributed by atoms with van der Waals surface area (Å²) < 4.78 is 31.3. The van der Waals surface area contributed by atoms with E-state index in [4.69, 9.17) is 23.7 Å². The van der Waals surface area contributed by atoms with Crippen molar-refractivity contribution in [2.45, 2.75) is 33.4 Å². The highest BCUT2D eigenvalue weighted by Crippen LogP contribution is 2.36. The molecule has 13 heteroatoms. The van der Waals surface area contributed by atoms with E-state index in [2.05, 4.69) is 36.9 Å². The number of esters is 2. The van der Waals surface area contributed by atoms with Gasteiger partial charge < -0.3 is 23.7 Å². The molecule has 1 aliphatic heterocycles. The van der Waals surface area contributed by atoms with Crippen LogP contribution in [0.15, 0.2) is 85.1 Å². The molecule has 0 radical (unpaired) electrons. The van der Waals surface area contributed by atoms with Crippen molar-refractivity contribution in [1.29, 1.82) is 0 Å². The summed E-state index contributed by atoms with van der Waals surface area (Å²) in [6, 6.07) is 15.2. The number of hydrogen-bond acceptors (Lipinski definition) is 10. The number of benzene rings is 3. The van der Waals surface area contributed by atoms with E-state index in [1.165, 1.54) is 29.2 Å². The van der Waals surface area contributed by atoms with Gasteiger partial charge in [-0.15, -0.1) is 0 Å². The largest absolute Gasteiger partial charge is 0.490 e. The number of thiazole rings is 1. The standard InChI is InChI=1S/C35H32Br2N2O8S/c1-5-44-27-13-12-22(15-28(27)45-6-2)30-25(34(42)43-4)18-38-35-39(30)32(40)29(48-35)16-23-14-24(36)17-26(37)31(23)47-19-20-8-10-21(11-9-20)33(41)46-7-3/h8-18,30H,5-7,19H2,1-4H3/b29-16+/t30-/m1/s1. The van der Waals surface area contributed by atoms with Crippen LogP contribution in [0, 0.1) is 0 Å². The van der Waals surface area contributed by atoms with Gasteiger partial charge in [-0.25, -0.2) is 14.6 Å². The highest BCUT2D eigenvalue weighted by molar-refractivity contribution is 9.11. The lowest BCUT2D eigenvalue weighted by Gasteiger charge is -2.23. The molecule has 0 saturated carbocycles. The Morgan fingerprint density at radius 2 is 1.65 bits per heavy atom. The zero-order valence-corrected chi connectivity index (χ0v) is 30.6. The van der Waals surface area contributed by atoms with Gasteiger partial charge in [0.1, 0.15) is 12.4 Å². The normalized spacial score (nSPS) is 14.0. The van der Waals surface area contributed by atoms with E-state index in [9.17, 15) is 14.4 Å².